The zero-order valence-electron chi connectivity index (χ0n) is 16.1. The summed E-state index contributed by atoms with van der Waals surface area (Å²) < 4.78 is 5.52. The van der Waals surface area contributed by atoms with Crippen LogP contribution in [0.1, 0.15) is 41.6 Å². The largest absolute Gasteiger partial charge is 0.394 e. The molecule has 4 atom stereocenters. The molecule has 0 aromatic heterocycles. The first-order chi connectivity index (χ1) is 13.5. The average Bonchev–Trinajstić information content (AvgIpc) is 2.72. The minimum Gasteiger partial charge on any atom is -0.394 e. The van der Waals surface area contributed by atoms with Crippen molar-refractivity contribution in [1.29, 1.82) is 0 Å². The molecule has 1 aliphatic heterocycles. The van der Waals surface area contributed by atoms with Gasteiger partial charge >= 0.3 is 0 Å². The zero-order chi connectivity index (χ0) is 20.5. The fourth-order valence-corrected chi connectivity index (χ4v) is 3.31. The van der Waals surface area contributed by atoms with Crippen molar-refractivity contribution in [2.45, 2.75) is 56.6 Å². The number of hydrogen-bond acceptors (Lipinski definition) is 7. The van der Waals surface area contributed by atoms with E-state index in [1.165, 1.54) is 4.90 Å². The van der Waals surface area contributed by atoms with E-state index >= 15 is 0 Å². The molecular weight excluding hydrogens is 364 g/mol. The predicted octanol–water partition coefficient (Wildman–Crippen LogP) is -0.378. The molecule has 1 aromatic carbocycles. The number of carbonyl (C=O) groups is 1. The third-order valence-electron chi connectivity index (χ3n) is 5.06. The Hall–Kier alpha value is -1.55. The van der Waals surface area contributed by atoms with Crippen LogP contribution in [0, 0.1) is 0 Å². The van der Waals surface area contributed by atoms with Crippen LogP contribution in [0.4, 0.5) is 0 Å². The number of nitrogens with zero attached hydrogens (tertiary/aromatic N) is 1. The van der Waals surface area contributed by atoms with E-state index in [1.807, 2.05) is 0 Å². The van der Waals surface area contributed by atoms with E-state index in [4.69, 9.17) is 10.5 Å². The lowest BCUT2D eigenvalue weighted by Crippen LogP contribution is -2.52. The van der Waals surface area contributed by atoms with Crippen LogP contribution >= 0.6 is 0 Å². The summed E-state index contributed by atoms with van der Waals surface area (Å²) in [6.45, 7) is 0.468. The first-order valence-electron chi connectivity index (χ1n) is 9.83. The second-order valence-electron chi connectivity index (χ2n) is 7.21. The number of benzene rings is 1. The lowest BCUT2D eigenvalue weighted by atomic mass is 10.0. The lowest BCUT2D eigenvalue weighted by molar-refractivity contribution is -0.145. The highest BCUT2D eigenvalue weighted by molar-refractivity contribution is 5.94. The third kappa shape index (κ3) is 6.23. The van der Waals surface area contributed by atoms with Gasteiger partial charge in [0, 0.05) is 31.8 Å². The first-order valence-corrected chi connectivity index (χ1v) is 9.83. The Bertz CT molecular complexity index is 597. The topological polar surface area (TPSA) is 136 Å². The van der Waals surface area contributed by atoms with Crippen LogP contribution in [-0.2, 0) is 11.3 Å². The summed E-state index contributed by atoms with van der Waals surface area (Å²) in [4.78, 5) is 14.4. The minimum absolute atomic E-state index is 0.101. The van der Waals surface area contributed by atoms with E-state index in [1.54, 1.807) is 24.3 Å². The van der Waals surface area contributed by atoms with Crippen LogP contribution < -0.4 is 5.73 Å². The molecule has 6 N–H and O–H groups in total. The number of amides is 1. The van der Waals surface area contributed by atoms with Gasteiger partial charge < -0.3 is 35.8 Å². The maximum absolute atomic E-state index is 12.9. The molecule has 158 valence electrons. The van der Waals surface area contributed by atoms with Gasteiger partial charge in [-0.25, -0.2) is 0 Å². The van der Waals surface area contributed by atoms with Crippen molar-refractivity contribution in [3.63, 3.8) is 0 Å². The molecule has 1 amide bonds. The Kier molecular flexibility index (Phi) is 9.30. The Labute approximate surface area is 165 Å². The molecule has 2 rings (SSSR count). The number of nitrogens with two attached hydrogens (primary N) is 1. The quantitative estimate of drug-likeness (QED) is 0.468. The lowest BCUT2D eigenvalue weighted by Gasteiger charge is -2.33. The smallest absolute Gasteiger partial charge is 0.253 e. The number of aliphatic hydroxyl groups excluding tert-OH is 4. The SMILES string of the molecule is NCc1ccc(C(=O)N2CCCCCCO[C@H]([C@H](O)CO)[C@H](O)[C@@H](O)C2)cc1. The molecule has 1 heterocycles. The van der Waals surface area contributed by atoms with Crippen LogP contribution in [0.2, 0.25) is 0 Å². The molecule has 1 aromatic rings. The summed E-state index contributed by atoms with van der Waals surface area (Å²) in [6, 6.07) is 6.97. The number of rotatable bonds is 4. The van der Waals surface area contributed by atoms with E-state index in [9.17, 15) is 25.2 Å². The van der Waals surface area contributed by atoms with Gasteiger partial charge in [-0.1, -0.05) is 25.0 Å². The average molecular weight is 396 g/mol. The van der Waals surface area contributed by atoms with Gasteiger partial charge in [-0.2, -0.15) is 0 Å². The summed E-state index contributed by atoms with van der Waals surface area (Å²) >= 11 is 0. The molecule has 0 spiro atoms. The summed E-state index contributed by atoms with van der Waals surface area (Å²) in [5, 5.41) is 40.1. The Morgan fingerprint density at radius 1 is 1.18 bits per heavy atom. The van der Waals surface area contributed by atoms with Crippen LogP contribution in [0.15, 0.2) is 24.3 Å². The van der Waals surface area contributed by atoms with Crippen LogP contribution in [0.5, 0.6) is 0 Å². The van der Waals surface area contributed by atoms with Crippen molar-refractivity contribution in [2.75, 3.05) is 26.3 Å². The van der Waals surface area contributed by atoms with E-state index in [-0.39, 0.29) is 12.5 Å². The van der Waals surface area contributed by atoms with E-state index in [0.717, 1.165) is 31.2 Å². The maximum atomic E-state index is 12.9. The molecule has 8 nitrogen and oxygen atoms in total. The standard InChI is InChI=1S/C20H32N2O6/c21-11-14-5-7-15(8-6-14)20(27)22-9-3-1-2-4-10-28-19(17(25)13-23)18(26)16(24)12-22/h5-8,16-19,23-26H,1-4,9-13,21H2/t16-,17+,18+,19+/m0/s1. The van der Waals surface area contributed by atoms with Gasteiger partial charge in [0.15, 0.2) is 0 Å². The van der Waals surface area contributed by atoms with Crippen LogP contribution in [-0.4, -0.2) is 82.0 Å². The van der Waals surface area contributed by atoms with Gasteiger partial charge in [0.2, 0.25) is 0 Å². The second kappa shape index (κ2) is 11.5. The molecule has 1 saturated heterocycles. The molecule has 0 unspecified atom stereocenters. The van der Waals surface area contributed by atoms with E-state index in [0.29, 0.717) is 25.3 Å². The van der Waals surface area contributed by atoms with Gasteiger partial charge in [0.1, 0.15) is 24.4 Å². The van der Waals surface area contributed by atoms with Crippen LogP contribution in [0.3, 0.4) is 0 Å². The van der Waals surface area contributed by atoms with Gasteiger partial charge in [-0.15, -0.1) is 0 Å². The van der Waals surface area contributed by atoms with Gasteiger partial charge in [-0.3, -0.25) is 4.79 Å². The van der Waals surface area contributed by atoms with Crippen LogP contribution in [0.25, 0.3) is 0 Å². The summed E-state index contributed by atoms with van der Waals surface area (Å²) in [7, 11) is 0. The third-order valence-corrected chi connectivity index (χ3v) is 5.06. The van der Waals surface area contributed by atoms with E-state index < -0.39 is 31.0 Å². The maximum Gasteiger partial charge on any atom is 0.253 e. The fourth-order valence-electron chi connectivity index (χ4n) is 3.31. The molecule has 0 saturated carbocycles. The highest BCUT2D eigenvalue weighted by Gasteiger charge is 2.34. The van der Waals surface area contributed by atoms with Crippen molar-refractivity contribution in [3.05, 3.63) is 35.4 Å². The Morgan fingerprint density at radius 2 is 1.86 bits per heavy atom. The van der Waals surface area contributed by atoms with Crippen molar-refractivity contribution in [1.82, 2.24) is 4.90 Å². The van der Waals surface area contributed by atoms with Crippen molar-refractivity contribution < 1.29 is 30.0 Å². The number of β-amino-alcohol motifs (C(OH)–C–C–N with tert-alkyl or cyclic N) is 1. The number of hydrogen-bond donors (Lipinski definition) is 5. The number of ether oxygens (including phenoxy) is 1. The zero-order valence-corrected chi connectivity index (χ0v) is 16.1. The van der Waals surface area contributed by atoms with Crippen molar-refractivity contribution >= 4 is 5.91 Å². The molecule has 8 heteroatoms. The Balaban J connectivity index is 2.16. The minimum atomic E-state index is -1.43. The fraction of sp³-hybridized carbons (Fsp3) is 0.650. The van der Waals surface area contributed by atoms with E-state index in [2.05, 4.69) is 0 Å². The first kappa shape index (κ1) is 22.7. The second-order valence-corrected chi connectivity index (χ2v) is 7.21. The van der Waals surface area contributed by atoms with Gasteiger partial charge in [0.25, 0.3) is 5.91 Å². The van der Waals surface area contributed by atoms with Crippen molar-refractivity contribution in [3.8, 4) is 0 Å². The summed E-state index contributed by atoms with van der Waals surface area (Å²) in [5.74, 6) is -0.243. The summed E-state index contributed by atoms with van der Waals surface area (Å²) in [5.41, 5.74) is 6.99. The molecule has 0 radical (unpaired) electrons. The monoisotopic (exact) mass is 396 g/mol. The normalized spacial score (nSPS) is 26.2. The summed E-state index contributed by atoms with van der Waals surface area (Å²) in [6.07, 6.45) is -1.92. The Morgan fingerprint density at radius 3 is 2.50 bits per heavy atom. The molecular formula is C20H32N2O6. The molecule has 0 bridgehead atoms. The molecule has 1 aliphatic rings. The molecule has 28 heavy (non-hydrogen) atoms. The van der Waals surface area contributed by atoms with Crippen molar-refractivity contribution in [2.24, 2.45) is 5.73 Å². The molecule has 1 fully saturated rings. The molecule has 0 aliphatic carbocycles. The highest BCUT2D eigenvalue weighted by atomic mass is 16.5. The number of aliphatic hydroxyl groups is 4. The highest BCUT2D eigenvalue weighted by Crippen LogP contribution is 2.16. The number of carbonyl (C=O) groups excluding carboxylic acids is 1. The van der Waals surface area contributed by atoms with Gasteiger partial charge in [-0.05, 0) is 30.5 Å². The predicted molar refractivity (Wildman–Crippen MR) is 104 cm³/mol. The van der Waals surface area contributed by atoms with Gasteiger partial charge in [0.05, 0.1) is 6.61 Å².